The molecule has 7 nitrogen and oxygen atoms in total. The third kappa shape index (κ3) is 4.92. The predicted octanol–water partition coefficient (Wildman–Crippen LogP) is 10.8. The zero-order valence-electron chi connectivity index (χ0n) is 28.7. The van der Waals surface area contributed by atoms with Crippen LogP contribution in [0.4, 0.5) is 0 Å². The summed E-state index contributed by atoms with van der Waals surface area (Å²) in [4.78, 5) is 15.4. The third-order valence-electron chi connectivity index (χ3n) is 10.0. The van der Waals surface area contributed by atoms with Crippen LogP contribution in [-0.2, 0) is 0 Å². The Kier molecular flexibility index (Phi) is 7.11. The number of nitrogens with zero attached hydrogens (tertiary/aromatic N) is 7. The van der Waals surface area contributed by atoms with Crippen molar-refractivity contribution in [3.05, 3.63) is 175 Å². The van der Waals surface area contributed by atoms with E-state index in [-0.39, 0.29) is 0 Å². The van der Waals surface area contributed by atoms with E-state index in [1.54, 1.807) is 0 Å². The molecule has 0 bridgehead atoms. The van der Waals surface area contributed by atoms with Crippen LogP contribution in [0.15, 0.2) is 164 Å². The van der Waals surface area contributed by atoms with Crippen LogP contribution >= 0.6 is 0 Å². The van der Waals surface area contributed by atoms with Gasteiger partial charge in [0.2, 0.25) is 0 Å². The van der Waals surface area contributed by atoms with Gasteiger partial charge in [-0.3, -0.25) is 0 Å². The minimum absolute atomic E-state index is 0.516. The van der Waals surface area contributed by atoms with Crippen molar-refractivity contribution >= 4 is 43.6 Å². The van der Waals surface area contributed by atoms with E-state index in [0.717, 1.165) is 71.7 Å². The van der Waals surface area contributed by atoms with Gasteiger partial charge in [0.1, 0.15) is 0 Å². The summed E-state index contributed by atoms with van der Waals surface area (Å²) in [5.41, 5.74) is 9.41. The maximum absolute atomic E-state index is 9.91. The topological polar surface area (TPSA) is 96.1 Å². The lowest BCUT2D eigenvalue weighted by Gasteiger charge is -2.16. The minimum Gasteiger partial charge on any atom is -0.309 e. The Balaban J connectivity index is 1.38. The van der Waals surface area contributed by atoms with E-state index in [9.17, 15) is 10.5 Å². The Hall–Kier alpha value is -7.87. The molecule has 3 aromatic heterocycles. The lowest BCUT2D eigenvalue weighted by atomic mass is 10.1. The summed E-state index contributed by atoms with van der Waals surface area (Å²) in [5, 5.41) is 23.7. The fraction of sp³-hybridized carbons (Fsp3) is 0. The summed E-state index contributed by atoms with van der Waals surface area (Å²) < 4.78 is 4.50. The number of nitriles is 2. The Labute approximate surface area is 309 Å². The van der Waals surface area contributed by atoms with E-state index in [1.165, 1.54) is 0 Å². The number of aromatic nitrogens is 5. The molecule has 10 aromatic rings. The number of rotatable bonds is 5. The molecule has 0 aliphatic rings. The van der Waals surface area contributed by atoms with Crippen molar-refractivity contribution in [3.8, 4) is 57.7 Å². The molecule has 0 aliphatic heterocycles. The quantitative estimate of drug-likeness (QED) is 0.179. The third-order valence-corrected chi connectivity index (χ3v) is 10.0. The van der Waals surface area contributed by atoms with Crippen molar-refractivity contribution in [2.24, 2.45) is 0 Å². The summed E-state index contributed by atoms with van der Waals surface area (Å²) in [6.07, 6.45) is 0. The number of para-hydroxylation sites is 2. The molecule has 0 aliphatic carbocycles. The number of fused-ring (bicyclic) bond motifs is 6. The van der Waals surface area contributed by atoms with Gasteiger partial charge < -0.3 is 9.13 Å². The molecule has 0 saturated heterocycles. The van der Waals surface area contributed by atoms with E-state index >= 15 is 0 Å². The van der Waals surface area contributed by atoms with Crippen LogP contribution in [0.5, 0.6) is 0 Å². The highest BCUT2D eigenvalue weighted by Gasteiger charge is 2.23. The lowest BCUT2D eigenvalue weighted by molar-refractivity contribution is 1.06. The molecule has 0 unspecified atom stereocenters. The average Bonchev–Trinajstić information content (AvgIpc) is 3.75. The van der Waals surface area contributed by atoms with Crippen LogP contribution < -0.4 is 0 Å². The molecule has 0 N–H and O–H groups in total. The Morgan fingerprint density at radius 2 is 0.870 bits per heavy atom. The standard InChI is InChI=1S/C47H27N7/c48-28-30-20-22-41-36(24-30)37-25-31(29-49)21-23-42(37)54(41)44-26-38-35-18-10-11-19-40(35)53(34-16-8-3-9-17-34)43(38)27-39(44)47-51-45(32-12-4-1-5-13-32)50-46(52-47)33-14-6-2-7-15-33/h1-27H. The van der Waals surface area contributed by atoms with Gasteiger partial charge in [0.15, 0.2) is 17.5 Å². The van der Waals surface area contributed by atoms with Gasteiger partial charge in [-0.05, 0) is 66.7 Å². The zero-order chi connectivity index (χ0) is 36.2. The van der Waals surface area contributed by atoms with Gasteiger partial charge in [-0.1, -0.05) is 97.1 Å². The maximum Gasteiger partial charge on any atom is 0.166 e. The van der Waals surface area contributed by atoms with Crippen LogP contribution in [-0.4, -0.2) is 24.1 Å². The first-order valence-electron chi connectivity index (χ1n) is 17.6. The van der Waals surface area contributed by atoms with Crippen LogP contribution in [0.1, 0.15) is 11.1 Å². The monoisotopic (exact) mass is 689 g/mol. The lowest BCUT2D eigenvalue weighted by Crippen LogP contribution is -2.04. The minimum atomic E-state index is 0.516. The highest BCUT2D eigenvalue weighted by atomic mass is 15.1. The molecule has 0 atom stereocenters. The van der Waals surface area contributed by atoms with Crippen molar-refractivity contribution in [2.45, 2.75) is 0 Å². The van der Waals surface area contributed by atoms with E-state index < -0.39 is 0 Å². The molecule has 3 heterocycles. The molecule has 54 heavy (non-hydrogen) atoms. The average molecular weight is 690 g/mol. The van der Waals surface area contributed by atoms with Crippen molar-refractivity contribution in [2.75, 3.05) is 0 Å². The van der Waals surface area contributed by atoms with E-state index in [2.05, 4.69) is 81.9 Å². The van der Waals surface area contributed by atoms with Crippen LogP contribution in [0.3, 0.4) is 0 Å². The number of hydrogen-bond donors (Lipinski definition) is 0. The predicted molar refractivity (Wildman–Crippen MR) is 214 cm³/mol. The van der Waals surface area contributed by atoms with Crippen molar-refractivity contribution < 1.29 is 0 Å². The van der Waals surface area contributed by atoms with Gasteiger partial charge in [0.25, 0.3) is 0 Å². The fourth-order valence-electron chi connectivity index (χ4n) is 7.57. The molecule has 250 valence electrons. The van der Waals surface area contributed by atoms with Gasteiger partial charge in [-0.2, -0.15) is 10.5 Å². The summed E-state index contributed by atoms with van der Waals surface area (Å²) in [7, 11) is 0. The second-order valence-electron chi connectivity index (χ2n) is 13.1. The first-order chi connectivity index (χ1) is 26.7. The molecule has 0 radical (unpaired) electrons. The molecule has 7 aromatic carbocycles. The summed E-state index contributed by atoms with van der Waals surface area (Å²) in [5.74, 6) is 1.64. The van der Waals surface area contributed by atoms with E-state index in [0.29, 0.717) is 28.6 Å². The smallest absolute Gasteiger partial charge is 0.166 e. The second kappa shape index (κ2) is 12.4. The first-order valence-corrected chi connectivity index (χ1v) is 17.6. The Morgan fingerprint density at radius 1 is 0.389 bits per heavy atom. The van der Waals surface area contributed by atoms with Crippen molar-refractivity contribution in [3.63, 3.8) is 0 Å². The van der Waals surface area contributed by atoms with E-state index in [4.69, 9.17) is 15.0 Å². The summed E-state index contributed by atoms with van der Waals surface area (Å²) >= 11 is 0. The molecule has 0 fully saturated rings. The molecule has 0 amide bonds. The molecular formula is C47H27N7. The molecule has 10 rings (SSSR count). The Bertz CT molecular complexity index is 3040. The van der Waals surface area contributed by atoms with Crippen LogP contribution in [0.25, 0.3) is 89.2 Å². The molecular weight excluding hydrogens is 663 g/mol. The molecule has 0 saturated carbocycles. The normalized spacial score (nSPS) is 11.3. The SMILES string of the molecule is N#Cc1ccc2c(c1)c1cc(C#N)ccc1n2-c1cc2c3ccccc3n(-c3ccccc3)c2cc1-c1nc(-c2ccccc2)nc(-c2ccccc2)n1. The van der Waals surface area contributed by atoms with Crippen LogP contribution in [0.2, 0.25) is 0 Å². The fourth-order valence-corrected chi connectivity index (χ4v) is 7.57. The first kappa shape index (κ1) is 30.9. The van der Waals surface area contributed by atoms with Gasteiger partial charge in [0.05, 0.1) is 51.0 Å². The largest absolute Gasteiger partial charge is 0.309 e. The van der Waals surface area contributed by atoms with E-state index in [1.807, 2.05) is 103 Å². The highest BCUT2D eigenvalue weighted by Crippen LogP contribution is 2.42. The number of benzene rings is 7. The van der Waals surface area contributed by atoms with Gasteiger partial charge in [-0.25, -0.2) is 15.0 Å². The molecule has 0 spiro atoms. The zero-order valence-corrected chi connectivity index (χ0v) is 28.7. The highest BCUT2D eigenvalue weighted by molar-refractivity contribution is 6.14. The van der Waals surface area contributed by atoms with Gasteiger partial charge in [-0.15, -0.1) is 0 Å². The molecule has 7 heteroatoms. The van der Waals surface area contributed by atoms with Gasteiger partial charge >= 0.3 is 0 Å². The Morgan fingerprint density at radius 3 is 1.44 bits per heavy atom. The van der Waals surface area contributed by atoms with Crippen LogP contribution in [0, 0.1) is 22.7 Å². The summed E-state index contributed by atoms with van der Waals surface area (Å²) in [6, 6.07) is 59.3. The van der Waals surface area contributed by atoms with Crippen molar-refractivity contribution in [1.82, 2.24) is 24.1 Å². The van der Waals surface area contributed by atoms with Crippen molar-refractivity contribution in [1.29, 1.82) is 10.5 Å². The maximum atomic E-state index is 9.91. The van der Waals surface area contributed by atoms with Gasteiger partial charge in [0, 0.05) is 43.9 Å². The second-order valence-corrected chi connectivity index (χ2v) is 13.1. The summed E-state index contributed by atoms with van der Waals surface area (Å²) in [6.45, 7) is 0. The number of hydrogen-bond acceptors (Lipinski definition) is 5.